The van der Waals surface area contributed by atoms with Gasteiger partial charge in [0, 0.05) is 5.39 Å². The quantitative estimate of drug-likeness (QED) is 0.240. The molecule has 0 aliphatic carbocycles. The number of carboxylic acids is 1. The molecule has 0 fully saturated rings. The van der Waals surface area contributed by atoms with Crippen molar-refractivity contribution in [2.75, 3.05) is 4.72 Å². The lowest BCUT2D eigenvalue weighted by Gasteiger charge is -2.15. The molecule has 0 aliphatic heterocycles. The molecule has 0 aliphatic rings. The summed E-state index contributed by atoms with van der Waals surface area (Å²) >= 11 is 18.3. The van der Waals surface area contributed by atoms with E-state index in [0.717, 1.165) is 6.07 Å². The molecule has 4 aromatic rings. The van der Waals surface area contributed by atoms with Gasteiger partial charge in [-0.2, -0.15) is 13.2 Å². The van der Waals surface area contributed by atoms with Crippen LogP contribution < -0.4 is 9.46 Å². The molecule has 0 bridgehead atoms. The third kappa shape index (κ3) is 5.69. The van der Waals surface area contributed by atoms with E-state index >= 15 is 0 Å². The van der Waals surface area contributed by atoms with Crippen LogP contribution in [-0.2, 0) is 16.2 Å². The van der Waals surface area contributed by atoms with E-state index in [-0.39, 0.29) is 38.3 Å². The Morgan fingerprint density at radius 3 is 2.24 bits per heavy atom. The summed E-state index contributed by atoms with van der Waals surface area (Å²) in [4.78, 5) is 14.9. The Balaban J connectivity index is 1.61. The Bertz CT molecular complexity index is 1640. The maximum absolute atomic E-state index is 12.9. The van der Waals surface area contributed by atoms with E-state index in [0.29, 0.717) is 17.5 Å². The van der Waals surface area contributed by atoms with Gasteiger partial charge in [0.1, 0.15) is 10.6 Å². The summed E-state index contributed by atoms with van der Waals surface area (Å²) in [5.74, 6) is -1.02. The van der Waals surface area contributed by atoms with Crippen molar-refractivity contribution < 1.29 is 36.2 Å². The Morgan fingerprint density at radius 1 is 0.973 bits per heavy atom. The van der Waals surface area contributed by atoms with Gasteiger partial charge in [-0.15, -0.1) is 0 Å². The lowest BCUT2D eigenvalue weighted by Crippen LogP contribution is -2.14. The minimum absolute atomic E-state index is 0.00454. The minimum atomic E-state index is -4.70. The average Bonchev–Trinajstić information content (AvgIpc) is 2.79. The van der Waals surface area contributed by atoms with Crippen molar-refractivity contribution in [3.8, 4) is 11.5 Å². The maximum Gasteiger partial charge on any atom is 0.416 e. The molecular weight excluding hydrogens is 580 g/mol. The number of aromatic carboxylic acids is 1. The second-order valence-electron chi connectivity index (χ2n) is 7.47. The number of hydrogen-bond acceptors (Lipinski definition) is 5. The first-order chi connectivity index (χ1) is 17.3. The van der Waals surface area contributed by atoms with E-state index < -0.39 is 37.7 Å². The number of fused-ring (bicyclic) bond motifs is 1. The van der Waals surface area contributed by atoms with Gasteiger partial charge in [-0.3, -0.25) is 9.71 Å². The number of anilines is 1. The topological polar surface area (TPSA) is 106 Å². The van der Waals surface area contributed by atoms with Gasteiger partial charge in [0.15, 0.2) is 5.75 Å². The van der Waals surface area contributed by atoms with Crippen LogP contribution in [0.4, 0.5) is 18.9 Å². The van der Waals surface area contributed by atoms with Gasteiger partial charge >= 0.3 is 12.1 Å². The molecule has 0 amide bonds. The van der Waals surface area contributed by atoms with Gasteiger partial charge in [0.05, 0.1) is 43.6 Å². The number of nitrogens with one attached hydrogen (secondary N) is 1. The third-order valence-electron chi connectivity index (χ3n) is 4.94. The van der Waals surface area contributed by atoms with Crippen LogP contribution in [0.3, 0.4) is 0 Å². The molecule has 7 nitrogen and oxygen atoms in total. The fourth-order valence-corrected chi connectivity index (χ4v) is 5.46. The second kappa shape index (κ2) is 9.90. The van der Waals surface area contributed by atoms with E-state index in [1.165, 1.54) is 30.5 Å². The molecule has 14 heteroatoms. The maximum atomic E-state index is 12.9. The predicted molar refractivity (Wildman–Crippen MR) is 133 cm³/mol. The number of aromatic nitrogens is 1. The molecule has 3 aromatic carbocycles. The van der Waals surface area contributed by atoms with Crippen molar-refractivity contribution >= 4 is 67.4 Å². The Morgan fingerprint density at radius 2 is 1.65 bits per heavy atom. The predicted octanol–water partition coefficient (Wildman–Crippen LogP) is 7.51. The van der Waals surface area contributed by atoms with Crippen molar-refractivity contribution in [3.05, 3.63) is 87.0 Å². The molecule has 0 radical (unpaired) electrons. The summed E-state index contributed by atoms with van der Waals surface area (Å²) in [5.41, 5.74) is -0.969. The molecule has 2 N–H and O–H groups in total. The normalized spacial score (nSPS) is 11.9. The number of hydrogen-bond donors (Lipinski definition) is 2. The van der Waals surface area contributed by atoms with Crippen LogP contribution in [0.5, 0.6) is 11.5 Å². The molecule has 0 unspecified atom stereocenters. The summed E-state index contributed by atoms with van der Waals surface area (Å²) in [5, 5.41) is 8.92. The highest BCUT2D eigenvalue weighted by molar-refractivity contribution is 7.92. The number of ether oxygens (including phenoxy) is 1. The second-order valence-corrected chi connectivity index (χ2v) is 10.3. The molecule has 1 heterocycles. The number of pyridine rings is 1. The number of para-hydroxylation sites is 1. The number of alkyl halides is 3. The number of nitrogens with zero attached hydrogens (tertiary/aromatic N) is 1. The number of halogens is 6. The molecule has 192 valence electrons. The highest BCUT2D eigenvalue weighted by Crippen LogP contribution is 2.40. The van der Waals surface area contributed by atoms with Gasteiger partial charge < -0.3 is 9.84 Å². The number of rotatable bonds is 6. The fraction of sp³-hybridized carbons (Fsp3) is 0.0435. The van der Waals surface area contributed by atoms with Gasteiger partial charge in [0.2, 0.25) is 0 Å². The van der Waals surface area contributed by atoms with Gasteiger partial charge in [-0.05, 0) is 42.5 Å². The largest absolute Gasteiger partial charge is 0.478 e. The van der Waals surface area contributed by atoms with E-state index in [1.54, 1.807) is 12.1 Å². The lowest BCUT2D eigenvalue weighted by atomic mass is 10.1. The monoisotopic (exact) mass is 590 g/mol. The van der Waals surface area contributed by atoms with Crippen LogP contribution in [-0.4, -0.2) is 24.5 Å². The highest BCUT2D eigenvalue weighted by atomic mass is 35.5. The van der Waals surface area contributed by atoms with Gasteiger partial charge in [0.25, 0.3) is 10.0 Å². The Labute approximate surface area is 222 Å². The number of carbonyl (C=O) groups is 1. The zero-order valence-corrected chi connectivity index (χ0v) is 21.1. The molecule has 4 rings (SSSR count). The first-order valence-electron chi connectivity index (χ1n) is 9.95. The molecule has 0 saturated carbocycles. The Kier molecular flexibility index (Phi) is 7.17. The van der Waals surface area contributed by atoms with Crippen LogP contribution in [0.2, 0.25) is 15.1 Å². The zero-order valence-electron chi connectivity index (χ0n) is 18.0. The minimum Gasteiger partial charge on any atom is -0.478 e. The molecule has 0 atom stereocenters. The van der Waals surface area contributed by atoms with Crippen LogP contribution in [0.15, 0.2) is 65.7 Å². The van der Waals surface area contributed by atoms with Crippen LogP contribution in [0, 0.1) is 0 Å². The van der Waals surface area contributed by atoms with Crippen molar-refractivity contribution in [2.24, 2.45) is 0 Å². The van der Waals surface area contributed by atoms with E-state index in [1.807, 2.05) is 0 Å². The van der Waals surface area contributed by atoms with E-state index in [4.69, 9.17) is 39.5 Å². The Hall–Kier alpha value is -3.25. The number of benzene rings is 3. The third-order valence-corrected chi connectivity index (χ3v) is 7.36. The standard InChI is InChI=1S/C23H12Cl3F3N2O5S/c24-16-7-12(23(27,28)29)4-5-19(16)37(34,35)31-13-8-17(25)21(18(26)9-13)36-14-6-11-2-1-3-15(22(32)33)20(11)30-10-14/h1-10,31H,(H,32,33). The van der Waals surface area contributed by atoms with Gasteiger partial charge in [-0.25, -0.2) is 13.2 Å². The molecule has 37 heavy (non-hydrogen) atoms. The number of carboxylic acid groups (broad SMARTS) is 1. The summed E-state index contributed by atoms with van der Waals surface area (Å²) in [6.45, 7) is 0. The summed E-state index contributed by atoms with van der Waals surface area (Å²) in [6, 6.07) is 10.3. The molecule has 0 spiro atoms. The highest BCUT2D eigenvalue weighted by Gasteiger charge is 2.32. The summed E-state index contributed by atoms with van der Waals surface area (Å²) < 4.78 is 71.9. The fourth-order valence-electron chi connectivity index (χ4n) is 3.31. The zero-order chi connectivity index (χ0) is 27.1. The lowest BCUT2D eigenvalue weighted by molar-refractivity contribution is -0.137. The first kappa shape index (κ1) is 26.8. The van der Waals surface area contributed by atoms with Crippen LogP contribution in [0.1, 0.15) is 15.9 Å². The van der Waals surface area contributed by atoms with Crippen molar-refractivity contribution in [2.45, 2.75) is 11.1 Å². The van der Waals surface area contributed by atoms with Crippen molar-refractivity contribution in [3.63, 3.8) is 0 Å². The van der Waals surface area contributed by atoms with E-state index in [2.05, 4.69) is 9.71 Å². The molecule has 0 saturated heterocycles. The average molecular weight is 592 g/mol. The van der Waals surface area contributed by atoms with Crippen LogP contribution in [0.25, 0.3) is 10.9 Å². The molecule has 1 aromatic heterocycles. The summed E-state index contributed by atoms with van der Waals surface area (Å²) in [7, 11) is -4.41. The van der Waals surface area contributed by atoms with E-state index in [9.17, 15) is 31.5 Å². The van der Waals surface area contributed by atoms with Gasteiger partial charge in [-0.1, -0.05) is 46.9 Å². The first-order valence-corrected chi connectivity index (χ1v) is 12.6. The van der Waals surface area contributed by atoms with Crippen LogP contribution >= 0.6 is 34.8 Å². The van der Waals surface area contributed by atoms with Crippen molar-refractivity contribution in [1.29, 1.82) is 0 Å². The SMILES string of the molecule is O=C(O)c1cccc2cc(Oc3c(Cl)cc(NS(=O)(=O)c4ccc(C(F)(F)F)cc4Cl)cc3Cl)cnc12. The smallest absolute Gasteiger partial charge is 0.416 e. The van der Waals surface area contributed by atoms with Crippen molar-refractivity contribution in [1.82, 2.24) is 4.98 Å². The number of sulfonamides is 1. The molecular formula is C23H12Cl3F3N2O5S. The summed E-state index contributed by atoms with van der Waals surface area (Å²) in [6.07, 6.45) is -3.43.